The molecule has 0 aliphatic carbocycles. The molecule has 0 spiro atoms. The van der Waals surface area contributed by atoms with Gasteiger partial charge in [0, 0.05) is 29.5 Å². The van der Waals surface area contributed by atoms with Crippen molar-refractivity contribution in [2.75, 3.05) is 13.2 Å². The minimum Gasteiger partial charge on any atom is -0.381 e. The van der Waals surface area contributed by atoms with Crippen molar-refractivity contribution in [1.29, 1.82) is 0 Å². The summed E-state index contributed by atoms with van der Waals surface area (Å²) in [5.41, 5.74) is 5.58. The summed E-state index contributed by atoms with van der Waals surface area (Å²) >= 11 is 1.86. The predicted octanol–water partition coefficient (Wildman–Crippen LogP) is 2.10. The number of hydrogen-bond donors (Lipinski definition) is 1. The van der Waals surface area contributed by atoms with Gasteiger partial charge in [0.15, 0.2) is 0 Å². The maximum Gasteiger partial charge on any atom is 0.0472 e. The fourth-order valence-corrected chi connectivity index (χ4v) is 2.77. The van der Waals surface area contributed by atoms with E-state index in [0.717, 1.165) is 19.1 Å². The monoisotopic (exact) mass is 197 g/mol. The molecule has 0 atom stereocenters. The smallest absolute Gasteiger partial charge is 0.0472 e. The first-order chi connectivity index (χ1) is 6.40. The highest BCUT2D eigenvalue weighted by Crippen LogP contribution is 2.31. The SMILES string of the molecule is NCc1ccc(C2CCOCC2)s1. The second-order valence-corrected chi connectivity index (χ2v) is 4.59. The summed E-state index contributed by atoms with van der Waals surface area (Å²) in [5, 5.41) is 0. The Balaban J connectivity index is 2.05. The molecule has 1 fully saturated rings. The van der Waals surface area contributed by atoms with Gasteiger partial charge in [0.05, 0.1) is 0 Å². The van der Waals surface area contributed by atoms with Crippen LogP contribution in [-0.2, 0) is 11.3 Å². The first kappa shape index (κ1) is 9.19. The number of thiophene rings is 1. The molecule has 2 heterocycles. The molecule has 2 N–H and O–H groups in total. The van der Waals surface area contributed by atoms with E-state index in [1.165, 1.54) is 22.6 Å². The molecule has 0 aromatic carbocycles. The lowest BCUT2D eigenvalue weighted by Gasteiger charge is -2.20. The Morgan fingerprint density at radius 1 is 1.38 bits per heavy atom. The van der Waals surface area contributed by atoms with Crippen LogP contribution in [0.25, 0.3) is 0 Å². The Morgan fingerprint density at radius 3 is 2.77 bits per heavy atom. The molecule has 1 aromatic rings. The Hall–Kier alpha value is -0.380. The third-order valence-electron chi connectivity index (χ3n) is 2.51. The number of rotatable bonds is 2. The maximum atomic E-state index is 5.58. The summed E-state index contributed by atoms with van der Waals surface area (Å²) in [7, 11) is 0. The van der Waals surface area contributed by atoms with E-state index in [2.05, 4.69) is 12.1 Å². The fraction of sp³-hybridized carbons (Fsp3) is 0.600. The van der Waals surface area contributed by atoms with Crippen molar-refractivity contribution in [3.05, 3.63) is 21.9 Å². The van der Waals surface area contributed by atoms with Gasteiger partial charge in [-0.2, -0.15) is 0 Å². The average molecular weight is 197 g/mol. The van der Waals surface area contributed by atoms with E-state index in [1.54, 1.807) is 0 Å². The molecule has 1 saturated heterocycles. The molecule has 2 nitrogen and oxygen atoms in total. The van der Waals surface area contributed by atoms with E-state index in [9.17, 15) is 0 Å². The molecule has 2 rings (SSSR count). The van der Waals surface area contributed by atoms with Crippen molar-refractivity contribution in [1.82, 2.24) is 0 Å². The van der Waals surface area contributed by atoms with Gasteiger partial charge >= 0.3 is 0 Å². The fourth-order valence-electron chi connectivity index (χ4n) is 1.71. The molecule has 13 heavy (non-hydrogen) atoms. The van der Waals surface area contributed by atoms with Gasteiger partial charge in [-0.3, -0.25) is 0 Å². The molecular weight excluding hydrogens is 182 g/mol. The topological polar surface area (TPSA) is 35.2 Å². The highest BCUT2D eigenvalue weighted by Gasteiger charge is 2.17. The van der Waals surface area contributed by atoms with Crippen LogP contribution in [0.15, 0.2) is 12.1 Å². The standard InChI is InChI=1S/C10H15NOS/c11-7-9-1-2-10(13-9)8-3-5-12-6-4-8/h1-2,8H,3-7,11H2. The molecule has 3 heteroatoms. The lowest BCUT2D eigenvalue weighted by atomic mass is 9.99. The Bertz CT molecular complexity index is 266. The zero-order valence-corrected chi connectivity index (χ0v) is 8.48. The zero-order chi connectivity index (χ0) is 9.10. The first-order valence-electron chi connectivity index (χ1n) is 4.76. The number of hydrogen-bond acceptors (Lipinski definition) is 3. The van der Waals surface area contributed by atoms with Crippen molar-refractivity contribution in [3.8, 4) is 0 Å². The molecule has 0 unspecified atom stereocenters. The third-order valence-corrected chi connectivity index (χ3v) is 3.78. The molecule has 1 aliphatic rings. The van der Waals surface area contributed by atoms with Crippen LogP contribution in [0.4, 0.5) is 0 Å². The zero-order valence-electron chi connectivity index (χ0n) is 7.66. The van der Waals surface area contributed by atoms with Gasteiger partial charge in [-0.25, -0.2) is 0 Å². The van der Waals surface area contributed by atoms with E-state index in [1.807, 2.05) is 11.3 Å². The molecule has 72 valence electrons. The van der Waals surface area contributed by atoms with E-state index in [-0.39, 0.29) is 0 Å². The lowest BCUT2D eigenvalue weighted by Crippen LogP contribution is -2.12. The minimum atomic E-state index is 0.674. The minimum absolute atomic E-state index is 0.674. The molecule has 1 aliphatic heterocycles. The second-order valence-electron chi connectivity index (χ2n) is 3.39. The Morgan fingerprint density at radius 2 is 2.15 bits per heavy atom. The number of nitrogens with two attached hydrogens (primary N) is 1. The largest absolute Gasteiger partial charge is 0.381 e. The molecule has 1 aromatic heterocycles. The quantitative estimate of drug-likeness (QED) is 0.788. The third kappa shape index (κ3) is 2.10. The van der Waals surface area contributed by atoms with Crippen molar-refractivity contribution in [3.63, 3.8) is 0 Å². The number of ether oxygens (including phenoxy) is 1. The summed E-state index contributed by atoms with van der Waals surface area (Å²) in [6.45, 7) is 2.51. The van der Waals surface area contributed by atoms with Crippen LogP contribution in [0.2, 0.25) is 0 Å². The first-order valence-corrected chi connectivity index (χ1v) is 5.58. The summed E-state index contributed by atoms with van der Waals surface area (Å²) in [5.74, 6) is 0.721. The van der Waals surface area contributed by atoms with Crippen LogP contribution in [0.1, 0.15) is 28.5 Å². The normalized spacial score (nSPS) is 19.2. The lowest BCUT2D eigenvalue weighted by molar-refractivity contribution is 0.0860. The van der Waals surface area contributed by atoms with E-state index in [4.69, 9.17) is 10.5 Å². The second kappa shape index (κ2) is 4.22. The van der Waals surface area contributed by atoms with Crippen LogP contribution >= 0.6 is 11.3 Å². The average Bonchev–Trinajstić information content (AvgIpc) is 2.67. The van der Waals surface area contributed by atoms with Crippen molar-refractivity contribution in [2.45, 2.75) is 25.3 Å². The molecule has 0 saturated carbocycles. The van der Waals surface area contributed by atoms with Gasteiger partial charge in [-0.05, 0) is 30.9 Å². The van der Waals surface area contributed by atoms with Crippen LogP contribution in [0.5, 0.6) is 0 Å². The van der Waals surface area contributed by atoms with Gasteiger partial charge < -0.3 is 10.5 Å². The van der Waals surface area contributed by atoms with Crippen LogP contribution in [0, 0.1) is 0 Å². The van der Waals surface area contributed by atoms with Crippen LogP contribution < -0.4 is 5.73 Å². The Labute approximate surface area is 82.7 Å². The van der Waals surface area contributed by atoms with Crippen molar-refractivity contribution < 1.29 is 4.74 Å². The highest BCUT2D eigenvalue weighted by molar-refractivity contribution is 7.12. The van der Waals surface area contributed by atoms with Gasteiger partial charge in [-0.15, -0.1) is 11.3 Å². The molecule has 0 bridgehead atoms. The van der Waals surface area contributed by atoms with E-state index < -0.39 is 0 Å². The Kier molecular flexibility index (Phi) is 2.98. The van der Waals surface area contributed by atoms with Gasteiger partial charge in [-0.1, -0.05) is 0 Å². The summed E-state index contributed by atoms with van der Waals surface area (Å²) in [4.78, 5) is 2.78. The highest BCUT2D eigenvalue weighted by atomic mass is 32.1. The summed E-state index contributed by atoms with van der Waals surface area (Å²) in [6.07, 6.45) is 2.34. The van der Waals surface area contributed by atoms with Crippen LogP contribution in [0.3, 0.4) is 0 Å². The van der Waals surface area contributed by atoms with Gasteiger partial charge in [0.1, 0.15) is 0 Å². The van der Waals surface area contributed by atoms with Crippen molar-refractivity contribution in [2.24, 2.45) is 5.73 Å². The summed E-state index contributed by atoms with van der Waals surface area (Å²) in [6, 6.07) is 4.37. The predicted molar refractivity (Wildman–Crippen MR) is 55.0 cm³/mol. The van der Waals surface area contributed by atoms with E-state index in [0.29, 0.717) is 6.54 Å². The molecular formula is C10H15NOS. The molecule has 0 amide bonds. The maximum absolute atomic E-state index is 5.58. The van der Waals surface area contributed by atoms with Crippen molar-refractivity contribution >= 4 is 11.3 Å². The molecule has 0 radical (unpaired) electrons. The van der Waals surface area contributed by atoms with Crippen LogP contribution in [-0.4, -0.2) is 13.2 Å². The summed E-state index contributed by atoms with van der Waals surface area (Å²) < 4.78 is 5.33. The van der Waals surface area contributed by atoms with Gasteiger partial charge in [0.25, 0.3) is 0 Å². The van der Waals surface area contributed by atoms with E-state index >= 15 is 0 Å². The van der Waals surface area contributed by atoms with Gasteiger partial charge in [0.2, 0.25) is 0 Å².